The van der Waals surface area contributed by atoms with Gasteiger partial charge in [0.25, 0.3) is 0 Å². The van der Waals surface area contributed by atoms with Crippen molar-refractivity contribution in [2.45, 2.75) is 20.0 Å². The van der Waals surface area contributed by atoms with E-state index >= 15 is 0 Å². The zero-order valence-electron chi connectivity index (χ0n) is 14.1. The van der Waals surface area contributed by atoms with Crippen LogP contribution in [0, 0.1) is 0 Å². The van der Waals surface area contributed by atoms with Gasteiger partial charge in [0.1, 0.15) is 0 Å². The summed E-state index contributed by atoms with van der Waals surface area (Å²) in [6, 6.07) is 8.61. The first-order chi connectivity index (χ1) is 10.2. The zero-order valence-corrected chi connectivity index (χ0v) is 16.4. The fourth-order valence-corrected chi connectivity index (χ4v) is 1.90. The van der Waals surface area contributed by atoms with Crippen molar-refractivity contribution in [1.29, 1.82) is 0 Å². The lowest BCUT2D eigenvalue weighted by atomic mass is 10.1. The Balaban J connectivity index is 0.00000441. The first kappa shape index (κ1) is 21.1. The Kier molecular flexibility index (Phi) is 12.2. The molecule has 0 saturated carbocycles. The van der Waals surface area contributed by atoms with Gasteiger partial charge in [0.15, 0.2) is 5.96 Å². The minimum absolute atomic E-state index is 0. The second-order valence-electron chi connectivity index (χ2n) is 5.17. The third-order valence-corrected chi connectivity index (χ3v) is 2.88. The lowest BCUT2D eigenvalue weighted by Crippen LogP contribution is -2.38. The molecule has 0 heterocycles. The average Bonchev–Trinajstić information content (AvgIpc) is 2.46. The molecule has 0 aromatic heterocycles. The van der Waals surface area contributed by atoms with Crippen molar-refractivity contribution in [2.24, 2.45) is 4.99 Å². The van der Waals surface area contributed by atoms with Gasteiger partial charge in [-0.3, -0.25) is 0 Å². The Hall–Kier alpha value is -0.860. The second kappa shape index (κ2) is 12.7. The van der Waals surface area contributed by atoms with E-state index in [1.54, 1.807) is 7.11 Å². The van der Waals surface area contributed by atoms with Crippen LogP contribution in [0.3, 0.4) is 0 Å². The van der Waals surface area contributed by atoms with E-state index in [0.717, 1.165) is 25.6 Å². The summed E-state index contributed by atoms with van der Waals surface area (Å²) in [6.45, 7) is 5.97. The highest BCUT2D eigenvalue weighted by Gasteiger charge is 1.98. The maximum atomic E-state index is 5.03. The van der Waals surface area contributed by atoms with Crippen LogP contribution in [0.25, 0.3) is 0 Å². The fourth-order valence-electron chi connectivity index (χ4n) is 1.90. The summed E-state index contributed by atoms with van der Waals surface area (Å²) in [5.41, 5.74) is 2.53. The van der Waals surface area contributed by atoms with E-state index in [2.05, 4.69) is 65.8 Å². The molecular formula is C16H29IN4O. The van der Waals surface area contributed by atoms with Gasteiger partial charge in [0, 0.05) is 26.7 Å². The van der Waals surface area contributed by atoms with Crippen LogP contribution in [0.2, 0.25) is 0 Å². The highest BCUT2D eigenvalue weighted by atomic mass is 127. The molecule has 0 aliphatic heterocycles. The molecule has 0 spiro atoms. The first-order valence-electron chi connectivity index (χ1n) is 7.39. The predicted octanol–water partition coefficient (Wildman–Crippen LogP) is 2.07. The van der Waals surface area contributed by atoms with Gasteiger partial charge >= 0.3 is 0 Å². The molecule has 0 saturated heterocycles. The maximum Gasteiger partial charge on any atom is 0.191 e. The van der Waals surface area contributed by atoms with E-state index in [9.17, 15) is 0 Å². The lowest BCUT2D eigenvalue weighted by molar-refractivity contribution is 0.203. The summed E-state index contributed by atoms with van der Waals surface area (Å²) in [5.74, 6) is 0.826. The number of rotatable bonds is 8. The number of benzene rings is 1. The topological polar surface area (TPSA) is 48.9 Å². The average molecular weight is 420 g/mol. The van der Waals surface area contributed by atoms with E-state index in [4.69, 9.17) is 4.74 Å². The highest BCUT2D eigenvalue weighted by Crippen LogP contribution is 2.07. The molecule has 0 aliphatic rings. The summed E-state index contributed by atoms with van der Waals surface area (Å²) < 4.78 is 5.03. The molecule has 0 atom stereocenters. The van der Waals surface area contributed by atoms with Crippen molar-refractivity contribution < 1.29 is 4.74 Å². The van der Waals surface area contributed by atoms with Crippen LogP contribution < -0.4 is 10.6 Å². The van der Waals surface area contributed by atoms with E-state index in [1.165, 1.54) is 11.1 Å². The van der Waals surface area contributed by atoms with Crippen molar-refractivity contribution >= 4 is 29.9 Å². The minimum Gasteiger partial charge on any atom is -0.383 e. The number of aliphatic imine (C=N–C) groups is 1. The molecule has 2 N–H and O–H groups in total. The third-order valence-electron chi connectivity index (χ3n) is 2.88. The van der Waals surface area contributed by atoms with E-state index in [0.29, 0.717) is 13.2 Å². The SMILES string of the molecule is CCNC(=NCc1ccc(CN(C)C)cc1)NCCOC.I. The third kappa shape index (κ3) is 9.22. The molecule has 0 unspecified atom stereocenters. The molecule has 1 aromatic carbocycles. The molecule has 0 aliphatic carbocycles. The van der Waals surface area contributed by atoms with Crippen LogP contribution in [0.15, 0.2) is 29.3 Å². The van der Waals surface area contributed by atoms with Gasteiger partial charge in [-0.15, -0.1) is 24.0 Å². The van der Waals surface area contributed by atoms with Crippen molar-refractivity contribution in [3.05, 3.63) is 35.4 Å². The number of guanidine groups is 1. The Morgan fingerprint density at radius 2 is 1.77 bits per heavy atom. The Morgan fingerprint density at radius 1 is 1.14 bits per heavy atom. The summed E-state index contributed by atoms with van der Waals surface area (Å²) in [5, 5.41) is 6.46. The van der Waals surface area contributed by atoms with Gasteiger partial charge in [-0.05, 0) is 32.1 Å². The summed E-state index contributed by atoms with van der Waals surface area (Å²) in [7, 11) is 5.85. The highest BCUT2D eigenvalue weighted by molar-refractivity contribution is 14.0. The van der Waals surface area contributed by atoms with Gasteiger partial charge in [-0.2, -0.15) is 0 Å². The number of ether oxygens (including phenoxy) is 1. The molecule has 0 amide bonds. The Labute approximate surface area is 151 Å². The van der Waals surface area contributed by atoms with Crippen LogP contribution in [0.1, 0.15) is 18.1 Å². The van der Waals surface area contributed by atoms with Gasteiger partial charge < -0.3 is 20.3 Å². The molecule has 1 rings (SSSR count). The quantitative estimate of drug-likeness (QED) is 0.293. The molecular weight excluding hydrogens is 391 g/mol. The minimum atomic E-state index is 0. The van der Waals surface area contributed by atoms with Crippen LogP contribution >= 0.6 is 24.0 Å². The number of hydrogen-bond acceptors (Lipinski definition) is 3. The maximum absolute atomic E-state index is 5.03. The number of methoxy groups -OCH3 is 1. The molecule has 0 bridgehead atoms. The number of nitrogens with one attached hydrogen (secondary N) is 2. The second-order valence-corrected chi connectivity index (χ2v) is 5.17. The summed E-state index contributed by atoms with van der Waals surface area (Å²) in [6.07, 6.45) is 0. The fraction of sp³-hybridized carbons (Fsp3) is 0.562. The molecule has 126 valence electrons. The van der Waals surface area contributed by atoms with Crippen molar-refractivity contribution in [1.82, 2.24) is 15.5 Å². The smallest absolute Gasteiger partial charge is 0.191 e. The molecule has 6 heteroatoms. The molecule has 0 radical (unpaired) electrons. The monoisotopic (exact) mass is 420 g/mol. The lowest BCUT2D eigenvalue weighted by Gasteiger charge is -2.11. The molecule has 5 nitrogen and oxygen atoms in total. The van der Waals surface area contributed by atoms with Gasteiger partial charge in [-0.25, -0.2) is 4.99 Å². The summed E-state index contributed by atoms with van der Waals surface area (Å²) in [4.78, 5) is 6.74. The first-order valence-corrected chi connectivity index (χ1v) is 7.39. The van der Waals surface area contributed by atoms with E-state index in [1.807, 2.05) is 0 Å². The predicted molar refractivity (Wildman–Crippen MR) is 104 cm³/mol. The summed E-state index contributed by atoms with van der Waals surface area (Å²) >= 11 is 0. The Bertz CT molecular complexity index is 421. The normalized spacial score (nSPS) is 11.2. The molecule has 0 fully saturated rings. The van der Waals surface area contributed by atoms with Crippen molar-refractivity contribution in [3.63, 3.8) is 0 Å². The van der Waals surface area contributed by atoms with Crippen molar-refractivity contribution in [2.75, 3.05) is 40.9 Å². The van der Waals surface area contributed by atoms with Crippen LogP contribution in [-0.4, -0.2) is 51.8 Å². The van der Waals surface area contributed by atoms with E-state index < -0.39 is 0 Å². The standard InChI is InChI=1S/C16H28N4O.HI/c1-5-17-16(18-10-11-21-4)19-12-14-6-8-15(9-7-14)13-20(2)3;/h6-9H,5,10-13H2,1-4H3,(H2,17,18,19);1H. The van der Waals surface area contributed by atoms with Gasteiger partial charge in [0.2, 0.25) is 0 Å². The largest absolute Gasteiger partial charge is 0.383 e. The van der Waals surface area contributed by atoms with Crippen LogP contribution in [-0.2, 0) is 17.8 Å². The van der Waals surface area contributed by atoms with Gasteiger partial charge in [-0.1, -0.05) is 24.3 Å². The molecule has 22 heavy (non-hydrogen) atoms. The molecule has 1 aromatic rings. The van der Waals surface area contributed by atoms with Crippen molar-refractivity contribution in [3.8, 4) is 0 Å². The van der Waals surface area contributed by atoms with E-state index in [-0.39, 0.29) is 24.0 Å². The number of hydrogen-bond donors (Lipinski definition) is 2. The number of halogens is 1. The van der Waals surface area contributed by atoms with Crippen LogP contribution in [0.4, 0.5) is 0 Å². The zero-order chi connectivity index (χ0) is 15.5. The Morgan fingerprint density at radius 3 is 2.32 bits per heavy atom. The van der Waals surface area contributed by atoms with Crippen LogP contribution in [0.5, 0.6) is 0 Å². The van der Waals surface area contributed by atoms with Gasteiger partial charge in [0.05, 0.1) is 13.2 Å². The number of nitrogens with zero attached hydrogens (tertiary/aromatic N) is 2.